The molecule has 1 amide bonds. The zero-order valence-corrected chi connectivity index (χ0v) is 17.2. The van der Waals surface area contributed by atoms with Crippen LogP contribution in [0.1, 0.15) is 36.0 Å². The molecule has 1 aromatic carbocycles. The Kier molecular flexibility index (Phi) is 5.94. The number of carbonyl (C=O) groups is 1. The first-order valence-electron chi connectivity index (χ1n) is 10.1. The third-order valence-corrected chi connectivity index (χ3v) is 5.27. The van der Waals surface area contributed by atoms with Gasteiger partial charge in [0.05, 0.1) is 0 Å². The Morgan fingerprint density at radius 3 is 2.94 bits per heavy atom. The summed E-state index contributed by atoms with van der Waals surface area (Å²) >= 11 is 0. The van der Waals surface area contributed by atoms with E-state index in [1.54, 1.807) is 24.3 Å². The van der Waals surface area contributed by atoms with E-state index in [-0.39, 0.29) is 17.6 Å². The molecule has 11 heteroatoms. The Bertz CT molecular complexity index is 1070. The summed E-state index contributed by atoms with van der Waals surface area (Å²) in [7, 11) is 1.55. The highest BCUT2D eigenvalue weighted by Crippen LogP contribution is 2.23. The van der Waals surface area contributed by atoms with Crippen LogP contribution in [-0.4, -0.2) is 45.0 Å². The summed E-state index contributed by atoms with van der Waals surface area (Å²) in [6, 6.07) is 7.56. The number of carbonyl (C=O) groups excluding carboxylic acids is 1. The maximum Gasteiger partial charge on any atom is 0.254 e. The van der Waals surface area contributed by atoms with Gasteiger partial charge in [-0.25, -0.2) is 4.98 Å². The van der Waals surface area contributed by atoms with Gasteiger partial charge in [-0.1, -0.05) is 18.9 Å². The molecular weight excluding hydrogens is 398 g/mol. The van der Waals surface area contributed by atoms with Gasteiger partial charge in [0.1, 0.15) is 24.2 Å². The smallest absolute Gasteiger partial charge is 0.254 e. The van der Waals surface area contributed by atoms with Crippen molar-refractivity contribution in [1.29, 1.82) is 0 Å². The molecule has 2 unspecified atom stereocenters. The second kappa shape index (κ2) is 8.96. The number of nitrogens with zero attached hydrogens (tertiary/aromatic N) is 5. The van der Waals surface area contributed by atoms with Crippen molar-refractivity contribution in [3.63, 3.8) is 0 Å². The molecule has 4 rings (SSSR count). The van der Waals surface area contributed by atoms with Crippen molar-refractivity contribution in [2.24, 2.45) is 11.5 Å². The predicted octanol–water partition coefficient (Wildman–Crippen LogP) is 0.533. The summed E-state index contributed by atoms with van der Waals surface area (Å²) in [5.41, 5.74) is 13.4. The van der Waals surface area contributed by atoms with Crippen LogP contribution in [0.3, 0.4) is 0 Å². The number of amides is 1. The SMILES string of the molecule is CO[n+]1ccnn1-c1cccc(Nc2nc(NC3CCCCC3N)ncc2C(N)=O)c1. The fourth-order valence-electron chi connectivity index (χ4n) is 3.66. The second-order valence-corrected chi connectivity index (χ2v) is 7.38. The monoisotopic (exact) mass is 424 g/mol. The van der Waals surface area contributed by atoms with Crippen LogP contribution in [0.15, 0.2) is 42.9 Å². The summed E-state index contributed by atoms with van der Waals surface area (Å²) in [6.45, 7) is 0. The van der Waals surface area contributed by atoms with E-state index < -0.39 is 5.91 Å². The van der Waals surface area contributed by atoms with Gasteiger partial charge in [-0.2, -0.15) is 4.98 Å². The zero-order valence-electron chi connectivity index (χ0n) is 17.2. The van der Waals surface area contributed by atoms with Crippen molar-refractivity contribution in [2.45, 2.75) is 37.8 Å². The van der Waals surface area contributed by atoms with Gasteiger partial charge >= 0.3 is 0 Å². The second-order valence-electron chi connectivity index (χ2n) is 7.38. The van der Waals surface area contributed by atoms with E-state index in [2.05, 4.69) is 25.7 Å². The third-order valence-electron chi connectivity index (χ3n) is 5.27. The van der Waals surface area contributed by atoms with Crippen LogP contribution < -0.4 is 31.8 Å². The number of benzene rings is 1. The molecule has 2 atom stereocenters. The van der Waals surface area contributed by atoms with E-state index in [1.165, 1.54) is 11.0 Å². The van der Waals surface area contributed by atoms with Gasteiger partial charge in [0.15, 0.2) is 0 Å². The Morgan fingerprint density at radius 2 is 2.16 bits per heavy atom. The Hall–Kier alpha value is -3.73. The van der Waals surface area contributed by atoms with E-state index in [4.69, 9.17) is 16.3 Å². The first-order chi connectivity index (χ1) is 15.0. The number of aromatic nitrogens is 5. The average Bonchev–Trinajstić information content (AvgIpc) is 3.24. The zero-order chi connectivity index (χ0) is 21.8. The van der Waals surface area contributed by atoms with Crippen molar-refractivity contribution in [3.8, 4) is 5.69 Å². The van der Waals surface area contributed by atoms with Crippen LogP contribution in [0.25, 0.3) is 5.69 Å². The summed E-state index contributed by atoms with van der Waals surface area (Å²) in [6.07, 6.45) is 8.88. The molecule has 6 N–H and O–H groups in total. The van der Waals surface area contributed by atoms with E-state index in [1.807, 2.05) is 24.3 Å². The largest absolute Gasteiger partial charge is 0.365 e. The van der Waals surface area contributed by atoms with E-state index in [9.17, 15) is 4.79 Å². The van der Waals surface area contributed by atoms with Crippen molar-refractivity contribution in [2.75, 3.05) is 17.7 Å². The van der Waals surface area contributed by atoms with E-state index >= 15 is 0 Å². The molecule has 31 heavy (non-hydrogen) atoms. The van der Waals surface area contributed by atoms with Crippen LogP contribution in [0, 0.1) is 0 Å². The predicted molar refractivity (Wildman–Crippen MR) is 114 cm³/mol. The van der Waals surface area contributed by atoms with Crippen molar-refractivity contribution >= 4 is 23.4 Å². The minimum absolute atomic E-state index is 0.0443. The van der Waals surface area contributed by atoms with Crippen molar-refractivity contribution in [1.82, 2.24) is 19.9 Å². The molecule has 0 spiro atoms. The standard InChI is InChI=1S/C20H25N9O2/c1-31-28-10-9-24-29(28)14-6-4-5-13(11-14)25-19-15(18(22)30)12-23-20(27-19)26-17-8-3-2-7-16(17)21/h4-6,9-12,16-17H,2-3,7-8,21H2,1H3,(H3-,22,23,25,26,27,30)/p+1. The number of rotatable bonds is 7. The lowest BCUT2D eigenvalue weighted by Gasteiger charge is -2.29. The number of anilines is 3. The fraction of sp³-hybridized carbons (Fsp3) is 0.350. The highest BCUT2D eigenvalue weighted by atomic mass is 16.7. The summed E-state index contributed by atoms with van der Waals surface area (Å²) in [4.78, 5) is 29.0. The first-order valence-corrected chi connectivity index (χ1v) is 10.1. The lowest BCUT2D eigenvalue weighted by atomic mass is 9.91. The van der Waals surface area contributed by atoms with Crippen LogP contribution in [0.2, 0.25) is 0 Å². The van der Waals surface area contributed by atoms with Crippen LogP contribution >= 0.6 is 0 Å². The molecule has 2 aromatic heterocycles. The highest BCUT2D eigenvalue weighted by molar-refractivity contribution is 5.98. The van der Waals surface area contributed by atoms with Crippen LogP contribution in [-0.2, 0) is 0 Å². The first kappa shape index (κ1) is 20.5. The number of primary amides is 1. The lowest BCUT2D eigenvalue weighted by Crippen LogP contribution is -2.48. The van der Waals surface area contributed by atoms with Gasteiger partial charge < -0.3 is 26.9 Å². The minimum Gasteiger partial charge on any atom is -0.365 e. The number of hydrogen-bond donors (Lipinski definition) is 4. The van der Waals surface area contributed by atoms with Crippen LogP contribution in [0.4, 0.5) is 17.5 Å². The summed E-state index contributed by atoms with van der Waals surface area (Å²) < 4.78 is 0. The molecule has 0 radical (unpaired) electrons. The molecular formula is C20H26N9O2+. The third kappa shape index (κ3) is 4.56. The van der Waals surface area contributed by atoms with Crippen molar-refractivity contribution < 1.29 is 14.5 Å². The van der Waals surface area contributed by atoms with E-state index in [0.29, 0.717) is 17.5 Å². The van der Waals surface area contributed by atoms with Gasteiger partial charge in [0.2, 0.25) is 18.3 Å². The van der Waals surface area contributed by atoms with Gasteiger partial charge in [-0.3, -0.25) is 4.79 Å². The number of nitrogens with two attached hydrogens (primary N) is 2. The topological polar surface area (TPSA) is 150 Å². The normalized spacial score (nSPS) is 18.4. The van der Waals surface area contributed by atoms with Crippen LogP contribution in [0.5, 0.6) is 0 Å². The fourth-order valence-corrected chi connectivity index (χ4v) is 3.66. The molecule has 162 valence electrons. The van der Waals surface area contributed by atoms with Gasteiger partial charge in [0, 0.05) is 38.7 Å². The van der Waals surface area contributed by atoms with Gasteiger partial charge in [-0.05, 0) is 31.0 Å². The highest BCUT2D eigenvalue weighted by Gasteiger charge is 2.23. The molecule has 0 aliphatic heterocycles. The number of nitrogens with one attached hydrogen (secondary N) is 2. The Labute approximate surface area is 179 Å². The summed E-state index contributed by atoms with van der Waals surface area (Å²) in [5, 5.41) is 10.7. The minimum atomic E-state index is -0.621. The quantitative estimate of drug-likeness (QED) is 0.401. The molecule has 1 fully saturated rings. The molecule has 1 aliphatic rings. The molecule has 3 aromatic rings. The molecule has 2 heterocycles. The van der Waals surface area contributed by atoms with Gasteiger partial charge in [0.25, 0.3) is 5.91 Å². The van der Waals surface area contributed by atoms with Crippen molar-refractivity contribution in [3.05, 3.63) is 48.4 Å². The molecule has 0 bridgehead atoms. The Morgan fingerprint density at radius 1 is 1.32 bits per heavy atom. The molecule has 0 saturated heterocycles. The van der Waals surface area contributed by atoms with Gasteiger partial charge in [-0.15, -0.1) is 0 Å². The molecule has 1 saturated carbocycles. The maximum absolute atomic E-state index is 11.9. The average molecular weight is 424 g/mol. The molecule has 1 aliphatic carbocycles. The lowest BCUT2D eigenvalue weighted by molar-refractivity contribution is -0.942. The maximum atomic E-state index is 11.9. The Balaban J connectivity index is 1.61. The number of hydrogen-bond acceptors (Lipinski definition) is 8. The van der Waals surface area contributed by atoms with E-state index in [0.717, 1.165) is 31.4 Å². The molecule has 11 nitrogen and oxygen atoms in total. The summed E-state index contributed by atoms with van der Waals surface area (Å²) in [5.74, 6) is 0.0887.